The second kappa shape index (κ2) is 4.51. The number of nitrogens with zero attached hydrogens (tertiary/aromatic N) is 3. The lowest BCUT2D eigenvalue weighted by Gasteiger charge is -2.11. The van der Waals surface area contributed by atoms with Gasteiger partial charge in [-0.25, -0.2) is 4.98 Å². The number of aryl methyl sites for hydroxylation is 1. The van der Waals surface area contributed by atoms with Crippen LogP contribution < -0.4 is 5.73 Å². The molecule has 0 atom stereocenters. The van der Waals surface area contributed by atoms with E-state index in [1.54, 1.807) is 12.4 Å². The van der Waals surface area contributed by atoms with E-state index in [0.717, 1.165) is 26.8 Å². The highest BCUT2D eigenvalue weighted by Crippen LogP contribution is 2.32. The van der Waals surface area contributed by atoms with Crippen LogP contribution in [0.25, 0.3) is 16.7 Å². The Kier molecular flexibility index (Phi) is 2.95. The Hall–Kier alpha value is -1.59. The molecule has 0 saturated heterocycles. The van der Waals surface area contributed by atoms with Crippen LogP contribution >= 0.6 is 27.5 Å². The van der Waals surface area contributed by atoms with Crippen molar-refractivity contribution >= 4 is 44.5 Å². The summed E-state index contributed by atoms with van der Waals surface area (Å²) in [5, 5.41) is 0.688. The number of aromatic nitrogens is 3. The number of nitrogens with two attached hydrogens (primary N) is 1. The van der Waals surface area contributed by atoms with Crippen molar-refractivity contribution in [2.45, 2.75) is 6.92 Å². The monoisotopic (exact) mass is 336 g/mol. The number of fused-ring (bicyclic) bond motifs is 1. The average molecular weight is 338 g/mol. The summed E-state index contributed by atoms with van der Waals surface area (Å²) in [6, 6.07) is 5.71. The van der Waals surface area contributed by atoms with E-state index in [1.165, 1.54) is 0 Å². The molecule has 0 aliphatic rings. The van der Waals surface area contributed by atoms with Gasteiger partial charge in [-0.1, -0.05) is 11.6 Å². The van der Waals surface area contributed by atoms with Crippen molar-refractivity contribution in [3.63, 3.8) is 0 Å². The van der Waals surface area contributed by atoms with Crippen LogP contribution in [0, 0.1) is 6.92 Å². The van der Waals surface area contributed by atoms with Crippen LogP contribution in [-0.4, -0.2) is 14.5 Å². The molecule has 2 aromatic heterocycles. The molecule has 6 heteroatoms. The summed E-state index contributed by atoms with van der Waals surface area (Å²) >= 11 is 9.74. The highest BCUT2D eigenvalue weighted by atomic mass is 79.9. The van der Waals surface area contributed by atoms with Crippen LogP contribution in [0.1, 0.15) is 5.56 Å². The summed E-state index contributed by atoms with van der Waals surface area (Å²) in [6.45, 7) is 1.95. The lowest BCUT2D eigenvalue weighted by atomic mass is 10.2. The Balaban J connectivity index is 2.36. The number of benzene rings is 1. The number of hydrogen-bond acceptors (Lipinski definition) is 3. The van der Waals surface area contributed by atoms with Crippen molar-refractivity contribution in [2.75, 3.05) is 5.73 Å². The molecule has 1 aromatic carbocycles. The van der Waals surface area contributed by atoms with Gasteiger partial charge in [0.15, 0.2) is 0 Å². The fourth-order valence-corrected chi connectivity index (χ4v) is 2.80. The smallest absolute Gasteiger partial charge is 0.206 e. The topological polar surface area (TPSA) is 56.7 Å². The Morgan fingerprint density at radius 3 is 2.95 bits per heavy atom. The van der Waals surface area contributed by atoms with Crippen molar-refractivity contribution in [3.8, 4) is 5.69 Å². The van der Waals surface area contributed by atoms with Crippen LogP contribution in [-0.2, 0) is 0 Å². The molecule has 0 fully saturated rings. The van der Waals surface area contributed by atoms with Crippen LogP contribution in [0.15, 0.2) is 35.1 Å². The van der Waals surface area contributed by atoms with Gasteiger partial charge in [-0.2, -0.15) is 0 Å². The summed E-state index contributed by atoms with van der Waals surface area (Å²) in [4.78, 5) is 8.34. The van der Waals surface area contributed by atoms with Gasteiger partial charge in [-0.05, 0) is 46.6 Å². The van der Waals surface area contributed by atoms with E-state index in [1.807, 2.05) is 29.7 Å². The highest BCUT2D eigenvalue weighted by Gasteiger charge is 2.13. The number of rotatable bonds is 1. The number of halogens is 2. The van der Waals surface area contributed by atoms with Crippen LogP contribution in [0.5, 0.6) is 0 Å². The first-order valence-corrected chi connectivity index (χ1v) is 6.79. The zero-order valence-electron chi connectivity index (χ0n) is 10.1. The van der Waals surface area contributed by atoms with Gasteiger partial charge in [0.1, 0.15) is 5.52 Å². The molecule has 0 radical (unpaired) electrons. The van der Waals surface area contributed by atoms with Gasteiger partial charge >= 0.3 is 0 Å². The molecule has 3 aromatic rings. The molecule has 0 spiro atoms. The van der Waals surface area contributed by atoms with E-state index >= 15 is 0 Å². The molecule has 2 N–H and O–H groups in total. The molecule has 0 unspecified atom stereocenters. The Bertz CT molecular complexity index is 782. The maximum Gasteiger partial charge on any atom is 0.206 e. The minimum Gasteiger partial charge on any atom is -0.369 e. The quantitative estimate of drug-likeness (QED) is 0.736. The standard InChI is InChI=1S/C13H10BrClN4/c1-7-4-8(14)12(5-9(7)15)19-11-2-3-17-6-10(11)18-13(19)16/h2-6H,1H3,(H2,16,18). The molecule has 2 heterocycles. The third-order valence-corrected chi connectivity index (χ3v) is 3.99. The molecule has 0 bridgehead atoms. The molecule has 19 heavy (non-hydrogen) atoms. The molecule has 0 aliphatic heterocycles. The van der Waals surface area contributed by atoms with E-state index < -0.39 is 0 Å². The molecule has 4 nitrogen and oxygen atoms in total. The molecule has 0 aliphatic carbocycles. The number of imidazole rings is 1. The van der Waals surface area contributed by atoms with Crippen molar-refractivity contribution in [2.24, 2.45) is 0 Å². The molecule has 3 rings (SSSR count). The molecule has 0 amide bonds. The number of pyridine rings is 1. The van der Waals surface area contributed by atoms with Gasteiger partial charge in [0.05, 0.1) is 17.4 Å². The first-order chi connectivity index (χ1) is 9.08. The lowest BCUT2D eigenvalue weighted by Crippen LogP contribution is -2.02. The van der Waals surface area contributed by atoms with Gasteiger partial charge in [0, 0.05) is 15.7 Å². The second-order valence-corrected chi connectivity index (χ2v) is 5.48. The Morgan fingerprint density at radius 1 is 1.37 bits per heavy atom. The number of hydrogen-bond donors (Lipinski definition) is 1. The zero-order valence-corrected chi connectivity index (χ0v) is 12.4. The van der Waals surface area contributed by atoms with E-state index in [2.05, 4.69) is 25.9 Å². The van der Waals surface area contributed by atoms with Crippen molar-refractivity contribution in [3.05, 3.63) is 45.7 Å². The fourth-order valence-electron chi connectivity index (χ4n) is 2.01. The summed E-state index contributed by atoms with van der Waals surface area (Å²) < 4.78 is 2.77. The predicted molar refractivity (Wildman–Crippen MR) is 80.7 cm³/mol. The molecule has 96 valence electrons. The minimum atomic E-state index is 0.406. The molecular formula is C13H10BrClN4. The van der Waals surface area contributed by atoms with Gasteiger partial charge < -0.3 is 5.73 Å². The predicted octanol–water partition coefficient (Wildman–Crippen LogP) is 3.73. The van der Waals surface area contributed by atoms with E-state index in [9.17, 15) is 0 Å². The van der Waals surface area contributed by atoms with Crippen LogP contribution in [0.4, 0.5) is 5.95 Å². The van der Waals surface area contributed by atoms with Crippen molar-refractivity contribution < 1.29 is 0 Å². The van der Waals surface area contributed by atoms with Crippen LogP contribution in [0.2, 0.25) is 5.02 Å². The van der Waals surface area contributed by atoms with Gasteiger partial charge in [-0.3, -0.25) is 9.55 Å². The minimum absolute atomic E-state index is 0.406. The van der Waals surface area contributed by atoms with Gasteiger partial charge in [-0.15, -0.1) is 0 Å². The highest BCUT2D eigenvalue weighted by molar-refractivity contribution is 9.10. The maximum atomic E-state index is 6.20. The summed E-state index contributed by atoms with van der Waals surface area (Å²) in [5.41, 5.74) is 9.52. The Labute approximate surface area is 123 Å². The number of nitrogen functional groups attached to an aromatic ring is 1. The fraction of sp³-hybridized carbons (Fsp3) is 0.0769. The first kappa shape index (κ1) is 12.4. The van der Waals surface area contributed by atoms with Gasteiger partial charge in [0.25, 0.3) is 0 Å². The largest absolute Gasteiger partial charge is 0.369 e. The van der Waals surface area contributed by atoms with Crippen molar-refractivity contribution in [1.29, 1.82) is 0 Å². The number of anilines is 1. The second-order valence-electron chi connectivity index (χ2n) is 4.22. The summed E-state index contributed by atoms with van der Waals surface area (Å²) in [7, 11) is 0. The molecular weight excluding hydrogens is 328 g/mol. The maximum absolute atomic E-state index is 6.20. The normalized spacial score (nSPS) is 11.1. The third kappa shape index (κ3) is 1.99. The van der Waals surface area contributed by atoms with E-state index in [4.69, 9.17) is 17.3 Å². The summed E-state index contributed by atoms with van der Waals surface area (Å²) in [6.07, 6.45) is 3.40. The van der Waals surface area contributed by atoms with Crippen LogP contribution in [0.3, 0.4) is 0 Å². The SMILES string of the molecule is Cc1cc(Br)c(-n2c(N)nc3cnccc32)cc1Cl. The third-order valence-electron chi connectivity index (χ3n) is 2.95. The molecule has 0 saturated carbocycles. The van der Waals surface area contributed by atoms with E-state index in [-0.39, 0.29) is 0 Å². The Morgan fingerprint density at radius 2 is 2.16 bits per heavy atom. The average Bonchev–Trinajstić information content (AvgIpc) is 2.70. The zero-order chi connectivity index (χ0) is 13.6. The van der Waals surface area contributed by atoms with Crippen molar-refractivity contribution in [1.82, 2.24) is 14.5 Å². The summed E-state index contributed by atoms with van der Waals surface area (Å²) in [5.74, 6) is 0.406. The lowest BCUT2D eigenvalue weighted by molar-refractivity contribution is 1.10. The van der Waals surface area contributed by atoms with Gasteiger partial charge in [0.2, 0.25) is 5.95 Å². The van der Waals surface area contributed by atoms with E-state index in [0.29, 0.717) is 11.0 Å². The first-order valence-electron chi connectivity index (χ1n) is 5.62.